The fourth-order valence-electron chi connectivity index (χ4n) is 3.19. The van der Waals surface area contributed by atoms with Crippen LogP contribution in [0.5, 0.6) is 0 Å². The number of pyridine rings is 1. The molecule has 0 unspecified atom stereocenters. The SMILES string of the molecule is C=C(/C=C\C=C/C)CC.O=S(=O)(NCCCNC/C=C\c1ccccc1)c1cccc2cnccc12. The molecule has 0 radical (unpaired) electrons. The van der Waals surface area contributed by atoms with Crippen LogP contribution in [0.4, 0.5) is 0 Å². The second-order valence-corrected chi connectivity index (χ2v) is 9.75. The third-order valence-corrected chi connectivity index (χ3v) is 6.73. The van der Waals surface area contributed by atoms with Crippen LogP contribution in [0, 0.1) is 0 Å². The molecule has 3 aromatic rings. The second-order valence-electron chi connectivity index (χ2n) is 8.02. The van der Waals surface area contributed by atoms with Gasteiger partial charge in [0.15, 0.2) is 0 Å². The van der Waals surface area contributed by atoms with Crippen molar-refractivity contribution in [3.8, 4) is 0 Å². The Bertz CT molecular complexity index is 1260. The number of rotatable bonds is 12. The van der Waals surface area contributed by atoms with Gasteiger partial charge in [-0.05, 0) is 44.0 Å². The Morgan fingerprint density at radius 3 is 2.58 bits per heavy atom. The van der Waals surface area contributed by atoms with E-state index in [4.69, 9.17) is 0 Å². The average Bonchev–Trinajstić information content (AvgIpc) is 2.90. The van der Waals surface area contributed by atoms with E-state index < -0.39 is 10.0 Å². The lowest BCUT2D eigenvalue weighted by molar-refractivity contribution is 0.577. The molecule has 2 N–H and O–H groups in total. The monoisotopic (exact) mass is 503 g/mol. The average molecular weight is 504 g/mol. The van der Waals surface area contributed by atoms with Gasteiger partial charge in [-0.3, -0.25) is 4.98 Å². The number of sulfonamides is 1. The zero-order valence-electron chi connectivity index (χ0n) is 21.2. The number of nitrogens with one attached hydrogen (secondary N) is 2. The Balaban J connectivity index is 0.000000434. The van der Waals surface area contributed by atoms with Gasteiger partial charge in [-0.15, -0.1) is 0 Å². The summed E-state index contributed by atoms with van der Waals surface area (Å²) in [6.45, 7) is 9.80. The molecule has 2 aromatic carbocycles. The third kappa shape index (κ3) is 10.5. The highest BCUT2D eigenvalue weighted by Gasteiger charge is 2.16. The van der Waals surface area contributed by atoms with Crippen molar-refractivity contribution in [2.45, 2.75) is 31.6 Å². The standard InChI is InChI=1S/C21H23N3O2S.C9H14/c25-27(26,21-11-4-10-19-17-23-16-12-20(19)21)24-15-6-14-22-13-5-9-18-7-2-1-3-8-18;1-4-6-7-8-9(3)5-2/h1-5,7-12,16-17,22,24H,6,13-15H2;4,6-8H,3,5H2,1-2H3/b9-5-;6-4-,8-7-. The van der Waals surface area contributed by atoms with Crippen LogP contribution in [0.2, 0.25) is 0 Å². The maximum atomic E-state index is 12.6. The maximum Gasteiger partial charge on any atom is 0.241 e. The Morgan fingerprint density at radius 1 is 1.03 bits per heavy atom. The zero-order chi connectivity index (χ0) is 26.1. The number of allylic oxidation sites excluding steroid dienone is 5. The first-order chi connectivity index (χ1) is 17.5. The van der Waals surface area contributed by atoms with Crippen LogP contribution in [0.1, 0.15) is 32.3 Å². The molecule has 5 nitrogen and oxygen atoms in total. The van der Waals surface area contributed by atoms with Crippen LogP contribution in [0.15, 0.2) is 114 Å². The topological polar surface area (TPSA) is 71.1 Å². The molecule has 3 rings (SSSR count). The molecule has 0 atom stereocenters. The highest BCUT2D eigenvalue weighted by molar-refractivity contribution is 7.89. The first kappa shape index (κ1) is 28.9. The van der Waals surface area contributed by atoms with Gasteiger partial charge >= 0.3 is 0 Å². The highest BCUT2D eigenvalue weighted by Crippen LogP contribution is 2.21. The molecular weight excluding hydrogens is 466 g/mol. The number of hydrogen-bond donors (Lipinski definition) is 2. The summed E-state index contributed by atoms with van der Waals surface area (Å²) in [5.41, 5.74) is 2.34. The van der Waals surface area contributed by atoms with Crippen molar-refractivity contribution in [1.29, 1.82) is 0 Å². The minimum absolute atomic E-state index is 0.293. The van der Waals surface area contributed by atoms with E-state index in [2.05, 4.69) is 52.8 Å². The minimum Gasteiger partial charge on any atom is -0.313 e. The first-order valence-corrected chi connectivity index (χ1v) is 13.7. The molecule has 0 saturated heterocycles. The van der Waals surface area contributed by atoms with Crippen molar-refractivity contribution in [2.24, 2.45) is 0 Å². The van der Waals surface area contributed by atoms with E-state index in [1.807, 2.05) is 55.5 Å². The summed E-state index contributed by atoms with van der Waals surface area (Å²) < 4.78 is 27.8. The summed E-state index contributed by atoms with van der Waals surface area (Å²) in [6, 6.07) is 17.0. The molecule has 0 aliphatic carbocycles. The van der Waals surface area contributed by atoms with E-state index in [1.165, 1.54) is 5.57 Å². The van der Waals surface area contributed by atoms with Crippen molar-refractivity contribution >= 4 is 26.9 Å². The predicted molar refractivity (Wildman–Crippen MR) is 153 cm³/mol. The number of benzene rings is 2. The van der Waals surface area contributed by atoms with Gasteiger partial charge in [0.25, 0.3) is 0 Å². The normalized spacial score (nSPS) is 11.8. The molecule has 0 aliphatic heterocycles. The van der Waals surface area contributed by atoms with Crippen LogP contribution < -0.4 is 10.0 Å². The quantitative estimate of drug-likeness (QED) is 0.225. The van der Waals surface area contributed by atoms with Crippen LogP contribution in [0.3, 0.4) is 0 Å². The summed E-state index contributed by atoms with van der Waals surface area (Å²) in [5.74, 6) is 0. The lowest BCUT2D eigenvalue weighted by Gasteiger charge is -2.09. The Hall–Kier alpha value is -3.32. The van der Waals surface area contributed by atoms with Crippen LogP contribution >= 0.6 is 0 Å². The Kier molecular flexibility index (Phi) is 13.1. The van der Waals surface area contributed by atoms with Gasteiger partial charge in [0.2, 0.25) is 10.0 Å². The zero-order valence-corrected chi connectivity index (χ0v) is 22.0. The molecule has 36 heavy (non-hydrogen) atoms. The summed E-state index contributed by atoms with van der Waals surface area (Å²) in [5, 5.41) is 4.78. The molecule has 0 saturated carbocycles. The van der Waals surface area contributed by atoms with E-state index in [1.54, 1.807) is 30.6 Å². The van der Waals surface area contributed by atoms with E-state index >= 15 is 0 Å². The summed E-state index contributed by atoms with van der Waals surface area (Å²) in [6.07, 6.45) is 17.2. The van der Waals surface area contributed by atoms with Crippen molar-refractivity contribution < 1.29 is 8.42 Å². The van der Waals surface area contributed by atoms with E-state index in [-0.39, 0.29) is 0 Å². The Labute approximate surface area is 216 Å². The van der Waals surface area contributed by atoms with E-state index in [0.717, 1.165) is 30.5 Å². The summed E-state index contributed by atoms with van der Waals surface area (Å²) in [4.78, 5) is 4.33. The van der Waals surface area contributed by atoms with Gasteiger partial charge in [-0.1, -0.05) is 98.0 Å². The third-order valence-electron chi connectivity index (χ3n) is 5.21. The molecule has 0 amide bonds. The van der Waals surface area contributed by atoms with E-state index in [9.17, 15) is 8.42 Å². The highest BCUT2D eigenvalue weighted by atomic mass is 32.2. The van der Waals surface area contributed by atoms with Crippen molar-refractivity contribution in [3.63, 3.8) is 0 Å². The maximum absolute atomic E-state index is 12.6. The number of nitrogens with zero attached hydrogens (tertiary/aromatic N) is 1. The smallest absolute Gasteiger partial charge is 0.241 e. The molecule has 0 spiro atoms. The first-order valence-electron chi connectivity index (χ1n) is 12.2. The molecule has 0 aliphatic rings. The van der Waals surface area contributed by atoms with Crippen LogP contribution in [-0.2, 0) is 10.0 Å². The van der Waals surface area contributed by atoms with Gasteiger partial charge in [-0.25, -0.2) is 13.1 Å². The van der Waals surface area contributed by atoms with Gasteiger partial charge in [-0.2, -0.15) is 0 Å². The lowest BCUT2D eigenvalue weighted by atomic mass is 10.2. The van der Waals surface area contributed by atoms with Gasteiger partial charge < -0.3 is 5.32 Å². The summed E-state index contributed by atoms with van der Waals surface area (Å²) >= 11 is 0. The largest absolute Gasteiger partial charge is 0.313 e. The molecule has 190 valence electrons. The van der Waals surface area contributed by atoms with Crippen LogP contribution in [0.25, 0.3) is 16.8 Å². The molecule has 6 heteroatoms. The predicted octanol–water partition coefficient (Wildman–Crippen LogP) is 6.29. The number of fused-ring (bicyclic) bond motifs is 1. The summed E-state index contributed by atoms with van der Waals surface area (Å²) in [7, 11) is -3.54. The van der Waals surface area contributed by atoms with Crippen molar-refractivity contribution in [2.75, 3.05) is 19.6 Å². The van der Waals surface area contributed by atoms with E-state index in [0.29, 0.717) is 23.2 Å². The van der Waals surface area contributed by atoms with Crippen molar-refractivity contribution in [3.05, 3.63) is 115 Å². The van der Waals surface area contributed by atoms with Crippen molar-refractivity contribution in [1.82, 2.24) is 15.0 Å². The van der Waals surface area contributed by atoms with Gasteiger partial charge in [0.1, 0.15) is 0 Å². The molecular formula is C30H37N3O2S. The molecule has 0 bridgehead atoms. The fourth-order valence-corrected chi connectivity index (χ4v) is 4.49. The molecule has 1 heterocycles. The number of hydrogen-bond acceptors (Lipinski definition) is 4. The second kappa shape index (κ2) is 16.4. The lowest BCUT2D eigenvalue weighted by Crippen LogP contribution is -2.27. The fraction of sp³-hybridized carbons (Fsp3) is 0.233. The van der Waals surface area contributed by atoms with Crippen LogP contribution in [-0.4, -0.2) is 33.0 Å². The molecule has 0 fully saturated rings. The number of aromatic nitrogens is 1. The molecule has 1 aromatic heterocycles. The minimum atomic E-state index is -3.54. The van der Waals surface area contributed by atoms with Gasteiger partial charge in [0.05, 0.1) is 4.90 Å². The van der Waals surface area contributed by atoms with Gasteiger partial charge in [0, 0.05) is 36.3 Å². The Morgan fingerprint density at radius 2 is 1.83 bits per heavy atom.